The summed E-state index contributed by atoms with van der Waals surface area (Å²) in [6, 6.07) is 0. The first-order valence-electron chi connectivity index (χ1n) is 5.10. The summed E-state index contributed by atoms with van der Waals surface area (Å²) in [7, 11) is 3.13. The third-order valence-corrected chi connectivity index (χ3v) is 1.99. The number of nitrogens with zero attached hydrogens (tertiary/aromatic N) is 2. The summed E-state index contributed by atoms with van der Waals surface area (Å²) < 4.78 is 11.1. The van der Waals surface area contributed by atoms with Gasteiger partial charge in [-0.2, -0.15) is 5.10 Å². The molecule has 0 saturated carbocycles. The molecule has 0 radical (unpaired) electrons. The Morgan fingerprint density at radius 2 is 2.24 bits per heavy atom. The third kappa shape index (κ3) is 3.47. The number of carbonyl (C=O) groups excluding carboxylic acids is 2. The Bertz CT molecular complexity index is 414. The van der Waals surface area contributed by atoms with Crippen LogP contribution in [0.5, 0.6) is 5.75 Å². The Labute approximate surface area is 98.7 Å². The maximum absolute atomic E-state index is 11.5. The molecule has 94 valence electrons. The van der Waals surface area contributed by atoms with Gasteiger partial charge in [-0.15, -0.1) is 0 Å². The van der Waals surface area contributed by atoms with Crippen LogP contribution < -0.4 is 10.1 Å². The number of methoxy groups -OCH3 is 1. The smallest absolute Gasteiger partial charge is 0.315 e. The van der Waals surface area contributed by atoms with Crippen LogP contribution in [0.25, 0.3) is 0 Å². The summed E-state index contributed by atoms with van der Waals surface area (Å²) in [5.41, 5.74) is 0. The topological polar surface area (TPSA) is 82.5 Å². The molecule has 0 aliphatic rings. The highest BCUT2D eigenvalue weighted by Crippen LogP contribution is 2.22. The number of aryl methyl sites for hydroxylation is 1. The van der Waals surface area contributed by atoms with E-state index in [0.29, 0.717) is 11.6 Å². The van der Waals surface area contributed by atoms with Crippen LogP contribution in [-0.2, 0) is 21.4 Å². The van der Waals surface area contributed by atoms with Crippen molar-refractivity contribution in [1.29, 1.82) is 0 Å². The summed E-state index contributed by atoms with van der Waals surface area (Å²) in [6.07, 6.45) is 1.14. The van der Waals surface area contributed by atoms with Gasteiger partial charge < -0.3 is 14.8 Å². The standard InChI is InChI=1S/C10H15N3O4/c1-4-17-9(15)5-8(14)12-10-7(16-3)6-11-13(10)2/h6H,4-5H2,1-3H3,(H,12,14). The van der Waals surface area contributed by atoms with Crippen LogP contribution in [0, 0.1) is 0 Å². The zero-order valence-corrected chi connectivity index (χ0v) is 10.0. The van der Waals surface area contributed by atoms with Crippen molar-refractivity contribution < 1.29 is 19.1 Å². The van der Waals surface area contributed by atoms with Crippen molar-refractivity contribution in [3.8, 4) is 5.75 Å². The number of carbonyl (C=O) groups is 2. The van der Waals surface area contributed by atoms with Crippen molar-refractivity contribution >= 4 is 17.7 Å². The van der Waals surface area contributed by atoms with Crippen LogP contribution in [0.1, 0.15) is 13.3 Å². The first-order valence-corrected chi connectivity index (χ1v) is 5.10. The van der Waals surface area contributed by atoms with Gasteiger partial charge in [-0.3, -0.25) is 9.59 Å². The quantitative estimate of drug-likeness (QED) is 0.593. The third-order valence-electron chi connectivity index (χ3n) is 1.99. The molecule has 0 saturated heterocycles. The SMILES string of the molecule is CCOC(=O)CC(=O)Nc1c(OC)cnn1C. The molecule has 1 rings (SSSR count). The first kappa shape index (κ1) is 13.0. The van der Waals surface area contributed by atoms with E-state index in [1.807, 2.05) is 0 Å². The molecule has 0 unspecified atom stereocenters. The minimum Gasteiger partial charge on any atom is -0.491 e. The van der Waals surface area contributed by atoms with Crippen molar-refractivity contribution in [2.45, 2.75) is 13.3 Å². The number of aromatic nitrogens is 2. The molecule has 0 aromatic carbocycles. The van der Waals surface area contributed by atoms with Gasteiger partial charge in [-0.05, 0) is 6.92 Å². The predicted molar refractivity (Wildman–Crippen MR) is 59.6 cm³/mol. The molecule has 1 N–H and O–H groups in total. The van der Waals surface area contributed by atoms with Crippen molar-refractivity contribution in [3.63, 3.8) is 0 Å². The average Bonchev–Trinajstić information content (AvgIpc) is 2.60. The molecule has 17 heavy (non-hydrogen) atoms. The molecule has 1 amide bonds. The van der Waals surface area contributed by atoms with Gasteiger partial charge in [0, 0.05) is 7.05 Å². The fraction of sp³-hybridized carbons (Fsp3) is 0.500. The fourth-order valence-corrected chi connectivity index (χ4v) is 1.23. The van der Waals surface area contributed by atoms with Gasteiger partial charge in [0.25, 0.3) is 0 Å². The van der Waals surface area contributed by atoms with Crippen LogP contribution >= 0.6 is 0 Å². The normalized spacial score (nSPS) is 9.82. The van der Waals surface area contributed by atoms with Crippen molar-refractivity contribution in [2.75, 3.05) is 19.0 Å². The van der Waals surface area contributed by atoms with Crippen LogP contribution in [0.3, 0.4) is 0 Å². The predicted octanol–water partition coefficient (Wildman–Crippen LogP) is 0.320. The van der Waals surface area contributed by atoms with E-state index in [-0.39, 0.29) is 13.0 Å². The first-order chi connectivity index (χ1) is 8.08. The van der Waals surface area contributed by atoms with Gasteiger partial charge in [0.1, 0.15) is 6.42 Å². The largest absolute Gasteiger partial charge is 0.491 e. The fourth-order valence-electron chi connectivity index (χ4n) is 1.23. The second-order valence-electron chi connectivity index (χ2n) is 3.22. The summed E-state index contributed by atoms with van der Waals surface area (Å²) in [5, 5.41) is 6.45. The van der Waals surface area contributed by atoms with Crippen LogP contribution in [0.4, 0.5) is 5.82 Å². The van der Waals surface area contributed by atoms with Crippen molar-refractivity contribution in [3.05, 3.63) is 6.20 Å². The number of anilines is 1. The second kappa shape index (κ2) is 5.88. The second-order valence-corrected chi connectivity index (χ2v) is 3.22. The minimum absolute atomic E-state index is 0.251. The van der Waals surface area contributed by atoms with Gasteiger partial charge in [-0.1, -0.05) is 0 Å². The molecular formula is C10H15N3O4. The number of esters is 1. The summed E-state index contributed by atoms with van der Waals surface area (Å²) in [6.45, 7) is 1.93. The highest BCUT2D eigenvalue weighted by molar-refractivity contribution is 6.02. The Hall–Kier alpha value is -2.05. The highest BCUT2D eigenvalue weighted by atomic mass is 16.5. The Balaban J connectivity index is 2.61. The molecule has 0 fully saturated rings. The number of nitrogens with one attached hydrogen (secondary N) is 1. The molecule has 7 nitrogen and oxygen atoms in total. The summed E-state index contributed by atoms with van der Waals surface area (Å²) in [4.78, 5) is 22.6. The van der Waals surface area contributed by atoms with E-state index < -0.39 is 11.9 Å². The molecule has 1 heterocycles. The van der Waals surface area contributed by atoms with E-state index in [9.17, 15) is 9.59 Å². The molecular weight excluding hydrogens is 226 g/mol. The molecule has 0 bridgehead atoms. The lowest BCUT2D eigenvalue weighted by Gasteiger charge is -2.07. The van der Waals surface area contributed by atoms with Crippen molar-refractivity contribution in [1.82, 2.24) is 9.78 Å². The average molecular weight is 241 g/mol. The molecule has 0 spiro atoms. The molecule has 0 aliphatic heterocycles. The lowest BCUT2D eigenvalue weighted by molar-refractivity contribution is -0.145. The zero-order valence-electron chi connectivity index (χ0n) is 10.0. The Kier molecular flexibility index (Phi) is 4.50. The number of hydrogen-bond donors (Lipinski definition) is 1. The van der Waals surface area contributed by atoms with E-state index in [1.165, 1.54) is 18.0 Å². The number of hydrogen-bond acceptors (Lipinski definition) is 5. The van der Waals surface area contributed by atoms with Crippen molar-refractivity contribution in [2.24, 2.45) is 7.05 Å². The zero-order chi connectivity index (χ0) is 12.8. The van der Waals surface area contributed by atoms with E-state index >= 15 is 0 Å². The van der Waals surface area contributed by atoms with Crippen LogP contribution in [0.2, 0.25) is 0 Å². The molecule has 0 aliphatic carbocycles. The van der Waals surface area contributed by atoms with Gasteiger partial charge in [0.15, 0.2) is 11.6 Å². The maximum atomic E-state index is 11.5. The minimum atomic E-state index is -0.564. The maximum Gasteiger partial charge on any atom is 0.315 e. The summed E-state index contributed by atoms with van der Waals surface area (Å²) in [5.74, 6) is -0.192. The summed E-state index contributed by atoms with van der Waals surface area (Å²) >= 11 is 0. The molecule has 1 aromatic rings. The lowest BCUT2D eigenvalue weighted by atomic mass is 10.4. The molecule has 0 atom stereocenters. The number of amides is 1. The van der Waals surface area contributed by atoms with E-state index in [0.717, 1.165) is 0 Å². The van der Waals surface area contributed by atoms with Gasteiger partial charge in [0.05, 0.1) is 19.9 Å². The number of ether oxygens (including phenoxy) is 2. The molecule has 7 heteroatoms. The Morgan fingerprint density at radius 3 is 2.82 bits per heavy atom. The number of rotatable bonds is 5. The van der Waals surface area contributed by atoms with E-state index in [1.54, 1.807) is 14.0 Å². The lowest BCUT2D eigenvalue weighted by Crippen LogP contribution is -2.20. The highest BCUT2D eigenvalue weighted by Gasteiger charge is 2.15. The monoisotopic (exact) mass is 241 g/mol. The van der Waals surface area contributed by atoms with E-state index in [2.05, 4.69) is 15.2 Å². The Morgan fingerprint density at radius 1 is 1.53 bits per heavy atom. The van der Waals surface area contributed by atoms with Crippen LogP contribution in [-0.4, -0.2) is 35.4 Å². The van der Waals surface area contributed by atoms with E-state index in [4.69, 9.17) is 4.74 Å². The van der Waals surface area contributed by atoms with Crippen LogP contribution in [0.15, 0.2) is 6.20 Å². The van der Waals surface area contributed by atoms with Gasteiger partial charge in [-0.25, -0.2) is 4.68 Å². The van der Waals surface area contributed by atoms with Gasteiger partial charge in [0.2, 0.25) is 5.91 Å². The van der Waals surface area contributed by atoms with Gasteiger partial charge >= 0.3 is 5.97 Å². The molecule has 1 aromatic heterocycles.